The minimum Gasteiger partial charge on any atom is -0.492 e. The van der Waals surface area contributed by atoms with Gasteiger partial charge in [0.15, 0.2) is 0 Å². The van der Waals surface area contributed by atoms with E-state index in [2.05, 4.69) is 57.2 Å². The summed E-state index contributed by atoms with van der Waals surface area (Å²) in [6.45, 7) is 7.01. The van der Waals surface area contributed by atoms with Gasteiger partial charge >= 0.3 is 0 Å². The standard InChI is InChI=1S/C19H25NO/c1-4-15-8-10-16(11-9-15)19(20)13-21-18-7-5-6-17(12-18)14(2)3/h5-12,14,19H,4,13,20H2,1-3H3. The molecule has 112 valence electrons. The molecule has 2 heteroatoms. The number of rotatable bonds is 6. The fraction of sp³-hybridized carbons (Fsp3) is 0.368. The summed E-state index contributed by atoms with van der Waals surface area (Å²) in [4.78, 5) is 0. The van der Waals surface area contributed by atoms with Crippen molar-refractivity contribution in [2.45, 2.75) is 39.2 Å². The number of ether oxygens (including phenoxy) is 1. The van der Waals surface area contributed by atoms with Crippen LogP contribution in [0.5, 0.6) is 5.75 Å². The van der Waals surface area contributed by atoms with Gasteiger partial charge in [-0.15, -0.1) is 0 Å². The van der Waals surface area contributed by atoms with Crippen molar-refractivity contribution in [3.05, 3.63) is 65.2 Å². The van der Waals surface area contributed by atoms with E-state index in [-0.39, 0.29) is 6.04 Å². The molecule has 2 N–H and O–H groups in total. The topological polar surface area (TPSA) is 35.2 Å². The quantitative estimate of drug-likeness (QED) is 0.850. The van der Waals surface area contributed by atoms with Gasteiger partial charge in [-0.25, -0.2) is 0 Å². The molecule has 0 spiro atoms. The van der Waals surface area contributed by atoms with Crippen LogP contribution in [0, 0.1) is 0 Å². The van der Waals surface area contributed by atoms with Gasteiger partial charge in [0.1, 0.15) is 12.4 Å². The predicted molar refractivity (Wildman–Crippen MR) is 88.8 cm³/mol. The summed E-state index contributed by atoms with van der Waals surface area (Å²) in [6.07, 6.45) is 1.05. The molecule has 0 aliphatic carbocycles. The average Bonchev–Trinajstić information content (AvgIpc) is 2.53. The van der Waals surface area contributed by atoms with Crippen molar-refractivity contribution in [1.82, 2.24) is 0 Å². The van der Waals surface area contributed by atoms with E-state index in [0.29, 0.717) is 12.5 Å². The Kier molecular flexibility index (Phi) is 5.40. The largest absolute Gasteiger partial charge is 0.492 e. The zero-order valence-corrected chi connectivity index (χ0v) is 13.2. The molecular weight excluding hydrogens is 258 g/mol. The lowest BCUT2D eigenvalue weighted by Crippen LogP contribution is -2.19. The highest BCUT2D eigenvalue weighted by Gasteiger charge is 2.08. The Hall–Kier alpha value is -1.80. The summed E-state index contributed by atoms with van der Waals surface area (Å²) in [5.41, 5.74) is 9.94. The summed E-state index contributed by atoms with van der Waals surface area (Å²) in [6, 6.07) is 16.6. The molecule has 0 bridgehead atoms. The van der Waals surface area contributed by atoms with Gasteiger partial charge < -0.3 is 10.5 Å². The zero-order chi connectivity index (χ0) is 15.2. The van der Waals surface area contributed by atoms with Crippen LogP contribution in [-0.4, -0.2) is 6.61 Å². The molecule has 1 atom stereocenters. The van der Waals surface area contributed by atoms with Gasteiger partial charge in [0.2, 0.25) is 0 Å². The third-order valence-corrected chi connectivity index (χ3v) is 3.77. The molecular formula is C19H25NO. The molecule has 21 heavy (non-hydrogen) atoms. The smallest absolute Gasteiger partial charge is 0.119 e. The van der Waals surface area contributed by atoms with Gasteiger partial charge in [-0.2, -0.15) is 0 Å². The van der Waals surface area contributed by atoms with E-state index in [9.17, 15) is 0 Å². The van der Waals surface area contributed by atoms with Crippen LogP contribution in [-0.2, 0) is 6.42 Å². The Bertz CT molecular complexity index is 560. The number of hydrogen-bond acceptors (Lipinski definition) is 2. The van der Waals surface area contributed by atoms with Crippen molar-refractivity contribution < 1.29 is 4.74 Å². The number of aryl methyl sites for hydroxylation is 1. The van der Waals surface area contributed by atoms with E-state index in [0.717, 1.165) is 17.7 Å². The molecule has 0 aliphatic heterocycles. The summed E-state index contributed by atoms with van der Waals surface area (Å²) in [5, 5.41) is 0. The van der Waals surface area contributed by atoms with Crippen LogP contribution in [0.3, 0.4) is 0 Å². The van der Waals surface area contributed by atoms with Crippen molar-refractivity contribution in [3.63, 3.8) is 0 Å². The Morgan fingerprint density at radius 2 is 1.71 bits per heavy atom. The number of hydrogen-bond donors (Lipinski definition) is 1. The van der Waals surface area contributed by atoms with Crippen LogP contribution in [0.25, 0.3) is 0 Å². The summed E-state index contributed by atoms with van der Waals surface area (Å²) in [7, 11) is 0. The maximum Gasteiger partial charge on any atom is 0.119 e. The van der Waals surface area contributed by atoms with Crippen molar-refractivity contribution >= 4 is 0 Å². The zero-order valence-electron chi connectivity index (χ0n) is 13.2. The van der Waals surface area contributed by atoms with E-state index >= 15 is 0 Å². The lowest BCUT2D eigenvalue weighted by molar-refractivity contribution is 0.290. The first-order chi connectivity index (χ1) is 10.1. The molecule has 0 heterocycles. The van der Waals surface area contributed by atoms with Crippen molar-refractivity contribution in [2.24, 2.45) is 5.73 Å². The van der Waals surface area contributed by atoms with Gasteiger partial charge in [-0.05, 0) is 41.2 Å². The minimum atomic E-state index is -0.0985. The van der Waals surface area contributed by atoms with E-state index in [4.69, 9.17) is 10.5 Å². The maximum absolute atomic E-state index is 6.21. The predicted octanol–water partition coefficient (Wildman–Crippen LogP) is 4.45. The second-order valence-electron chi connectivity index (χ2n) is 5.74. The Balaban J connectivity index is 1.96. The molecule has 0 saturated carbocycles. The molecule has 0 radical (unpaired) electrons. The number of benzene rings is 2. The molecule has 2 nitrogen and oxygen atoms in total. The summed E-state index contributed by atoms with van der Waals surface area (Å²) >= 11 is 0. The summed E-state index contributed by atoms with van der Waals surface area (Å²) < 4.78 is 5.84. The van der Waals surface area contributed by atoms with Crippen molar-refractivity contribution in [1.29, 1.82) is 0 Å². The highest BCUT2D eigenvalue weighted by atomic mass is 16.5. The third-order valence-electron chi connectivity index (χ3n) is 3.77. The molecule has 2 aromatic carbocycles. The highest BCUT2D eigenvalue weighted by molar-refractivity contribution is 5.30. The third kappa shape index (κ3) is 4.33. The van der Waals surface area contributed by atoms with Gasteiger partial charge in [-0.1, -0.05) is 57.2 Å². The molecule has 1 unspecified atom stereocenters. The molecule has 0 saturated heterocycles. The van der Waals surface area contributed by atoms with Crippen LogP contribution >= 0.6 is 0 Å². The fourth-order valence-corrected chi connectivity index (χ4v) is 2.25. The van der Waals surface area contributed by atoms with Crippen LogP contribution in [0.4, 0.5) is 0 Å². The monoisotopic (exact) mass is 283 g/mol. The molecule has 0 aliphatic rings. The van der Waals surface area contributed by atoms with Gasteiger partial charge in [-0.3, -0.25) is 0 Å². The van der Waals surface area contributed by atoms with Crippen molar-refractivity contribution in [2.75, 3.05) is 6.61 Å². The summed E-state index contributed by atoms with van der Waals surface area (Å²) in [5.74, 6) is 1.39. The molecule has 0 fully saturated rings. The molecule has 2 aromatic rings. The fourth-order valence-electron chi connectivity index (χ4n) is 2.25. The Morgan fingerprint density at radius 1 is 1.00 bits per heavy atom. The minimum absolute atomic E-state index is 0.0985. The highest BCUT2D eigenvalue weighted by Crippen LogP contribution is 2.21. The number of nitrogens with two attached hydrogens (primary N) is 1. The molecule has 2 rings (SSSR count). The van der Waals surface area contributed by atoms with Gasteiger partial charge in [0.25, 0.3) is 0 Å². The molecule has 0 aromatic heterocycles. The van der Waals surface area contributed by atoms with Crippen LogP contribution in [0.1, 0.15) is 49.4 Å². The van der Waals surface area contributed by atoms with Gasteiger partial charge in [0.05, 0.1) is 6.04 Å². The SMILES string of the molecule is CCc1ccc(C(N)COc2cccc(C(C)C)c2)cc1. The van der Waals surface area contributed by atoms with Crippen LogP contribution < -0.4 is 10.5 Å². The van der Waals surface area contributed by atoms with E-state index < -0.39 is 0 Å². The van der Waals surface area contributed by atoms with Crippen LogP contribution in [0.2, 0.25) is 0 Å². The first-order valence-electron chi connectivity index (χ1n) is 7.67. The maximum atomic E-state index is 6.21. The van der Waals surface area contributed by atoms with E-state index in [1.807, 2.05) is 12.1 Å². The lowest BCUT2D eigenvalue weighted by Gasteiger charge is -2.15. The first kappa shape index (κ1) is 15.6. The average molecular weight is 283 g/mol. The van der Waals surface area contributed by atoms with E-state index in [1.54, 1.807) is 0 Å². The first-order valence-corrected chi connectivity index (χ1v) is 7.67. The van der Waals surface area contributed by atoms with E-state index in [1.165, 1.54) is 11.1 Å². The van der Waals surface area contributed by atoms with Crippen molar-refractivity contribution in [3.8, 4) is 5.75 Å². The molecule has 0 amide bonds. The normalized spacial score (nSPS) is 12.4. The Morgan fingerprint density at radius 3 is 2.33 bits per heavy atom. The van der Waals surface area contributed by atoms with Crippen LogP contribution in [0.15, 0.2) is 48.5 Å². The Labute approximate surface area is 127 Å². The second-order valence-corrected chi connectivity index (χ2v) is 5.74. The van der Waals surface area contributed by atoms with Gasteiger partial charge in [0, 0.05) is 0 Å². The lowest BCUT2D eigenvalue weighted by atomic mass is 10.0. The second kappa shape index (κ2) is 7.28.